The van der Waals surface area contributed by atoms with Crippen molar-refractivity contribution in [3.63, 3.8) is 0 Å². The average Bonchev–Trinajstić information content (AvgIpc) is 2.66. The van der Waals surface area contributed by atoms with Crippen LogP contribution in [0.25, 0.3) is 0 Å². The monoisotopic (exact) mass is 308 g/mol. The highest BCUT2D eigenvalue weighted by molar-refractivity contribution is 6.05. The Morgan fingerprint density at radius 3 is 2.30 bits per heavy atom. The molecule has 0 radical (unpaired) electrons. The number of para-hydroxylation sites is 2. The van der Waals surface area contributed by atoms with Gasteiger partial charge in [0.2, 0.25) is 11.8 Å². The van der Waals surface area contributed by atoms with Gasteiger partial charge in [0.05, 0.1) is 23.8 Å². The van der Waals surface area contributed by atoms with Crippen LogP contribution in [0.15, 0.2) is 54.6 Å². The van der Waals surface area contributed by atoms with E-state index in [4.69, 9.17) is 0 Å². The number of hydrogen-bond donors (Lipinski definition) is 0. The highest BCUT2D eigenvalue weighted by Gasteiger charge is 2.32. The van der Waals surface area contributed by atoms with E-state index in [1.165, 1.54) is 0 Å². The molecule has 4 heteroatoms. The van der Waals surface area contributed by atoms with Crippen molar-refractivity contribution in [1.29, 1.82) is 0 Å². The van der Waals surface area contributed by atoms with E-state index in [-0.39, 0.29) is 17.7 Å². The SMILES string of the molecule is CC(=O)N1CC(C)C(=O)N(Cc2ccccc2)c2ccccc21. The van der Waals surface area contributed by atoms with Gasteiger partial charge in [-0.1, -0.05) is 49.4 Å². The number of carbonyl (C=O) groups is 2. The standard InChI is InChI=1S/C19H20N2O2/c1-14-12-20(15(2)22)17-10-6-7-11-18(17)21(19(14)23)13-16-8-4-3-5-9-16/h3-11,14H,12-13H2,1-2H3. The molecule has 0 aromatic heterocycles. The molecule has 3 rings (SSSR count). The molecule has 1 atom stereocenters. The molecule has 1 aliphatic heterocycles. The topological polar surface area (TPSA) is 40.6 Å². The highest BCUT2D eigenvalue weighted by Crippen LogP contribution is 2.35. The predicted octanol–water partition coefficient (Wildman–Crippen LogP) is 3.22. The Labute approximate surface area is 136 Å². The second-order valence-electron chi connectivity index (χ2n) is 5.93. The highest BCUT2D eigenvalue weighted by atomic mass is 16.2. The van der Waals surface area contributed by atoms with Crippen LogP contribution >= 0.6 is 0 Å². The number of carbonyl (C=O) groups excluding carboxylic acids is 2. The summed E-state index contributed by atoms with van der Waals surface area (Å²) in [5.41, 5.74) is 2.66. The maximum absolute atomic E-state index is 12.9. The molecular weight excluding hydrogens is 288 g/mol. The van der Waals surface area contributed by atoms with Crippen LogP contribution < -0.4 is 9.80 Å². The zero-order chi connectivity index (χ0) is 16.4. The van der Waals surface area contributed by atoms with Crippen LogP contribution in [-0.2, 0) is 16.1 Å². The number of anilines is 2. The number of rotatable bonds is 2. The zero-order valence-electron chi connectivity index (χ0n) is 13.4. The minimum atomic E-state index is -0.241. The lowest BCUT2D eigenvalue weighted by molar-refractivity contribution is -0.121. The van der Waals surface area contributed by atoms with Gasteiger partial charge in [-0.05, 0) is 17.7 Å². The van der Waals surface area contributed by atoms with Gasteiger partial charge in [0.1, 0.15) is 0 Å². The maximum Gasteiger partial charge on any atom is 0.231 e. The summed E-state index contributed by atoms with van der Waals surface area (Å²) in [6.07, 6.45) is 0. The van der Waals surface area contributed by atoms with Gasteiger partial charge >= 0.3 is 0 Å². The van der Waals surface area contributed by atoms with Crippen LogP contribution in [0, 0.1) is 5.92 Å². The van der Waals surface area contributed by atoms with E-state index in [0.29, 0.717) is 13.1 Å². The van der Waals surface area contributed by atoms with Crippen LogP contribution in [0.3, 0.4) is 0 Å². The third-order valence-corrected chi connectivity index (χ3v) is 4.17. The van der Waals surface area contributed by atoms with E-state index < -0.39 is 0 Å². The first-order chi connectivity index (χ1) is 11.1. The maximum atomic E-state index is 12.9. The molecule has 0 fully saturated rings. The third-order valence-electron chi connectivity index (χ3n) is 4.17. The molecule has 0 aliphatic carbocycles. The number of amides is 2. The van der Waals surface area contributed by atoms with Gasteiger partial charge in [0, 0.05) is 13.5 Å². The summed E-state index contributed by atoms with van der Waals surface area (Å²) in [5, 5.41) is 0. The Kier molecular flexibility index (Phi) is 4.15. The lowest BCUT2D eigenvalue weighted by atomic mass is 10.1. The number of nitrogens with zero attached hydrogens (tertiary/aromatic N) is 2. The van der Waals surface area contributed by atoms with Crippen molar-refractivity contribution in [3.05, 3.63) is 60.2 Å². The third kappa shape index (κ3) is 2.97. The fraction of sp³-hybridized carbons (Fsp3) is 0.263. The van der Waals surface area contributed by atoms with Crippen molar-refractivity contribution in [2.45, 2.75) is 20.4 Å². The summed E-state index contributed by atoms with van der Waals surface area (Å²) in [6, 6.07) is 17.5. The molecule has 0 saturated heterocycles. The minimum Gasteiger partial charge on any atom is -0.310 e. The van der Waals surface area contributed by atoms with E-state index in [2.05, 4.69) is 0 Å². The van der Waals surface area contributed by atoms with Crippen molar-refractivity contribution in [2.75, 3.05) is 16.3 Å². The molecule has 118 valence electrons. The second-order valence-corrected chi connectivity index (χ2v) is 5.93. The molecule has 0 saturated carbocycles. The number of fused-ring (bicyclic) bond motifs is 1. The summed E-state index contributed by atoms with van der Waals surface area (Å²) in [5.74, 6) is -0.237. The first kappa shape index (κ1) is 15.3. The Bertz CT molecular complexity index is 727. The summed E-state index contributed by atoms with van der Waals surface area (Å²) in [4.78, 5) is 28.4. The molecule has 1 heterocycles. The summed E-state index contributed by atoms with van der Waals surface area (Å²) in [7, 11) is 0. The quantitative estimate of drug-likeness (QED) is 0.854. The van der Waals surface area contributed by atoms with Gasteiger partial charge in [0.25, 0.3) is 0 Å². The normalized spacial score (nSPS) is 17.7. The molecule has 2 aromatic carbocycles. The Balaban J connectivity index is 2.07. The van der Waals surface area contributed by atoms with Gasteiger partial charge in [-0.2, -0.15) is 0 Å². The summed E-state index contributed by atoms with van der Waals surface area (Å²) in [6.45, 7) is 4.34. The molecule has 0 N–H and O–H groups in total. The van der Waals surface area contributed by atoms with Crippen LogP contribution in [0.2, 0.25) is 0 Å². The molecule has 2 aromatic rings. The van der Waals surface area contributed by atoms with Crippen LogP contribution in [-0.4, -0.2) is 18.4 Å². The number of hydrogen-bond acceptors (Lipinski definition) is 2. The fourth-order valence-corrected chi connectivity index (χ4v) is 2.98. The zero-order valence-corrected chi connectivity index (χ0v) is 13.4. The minimum absolute atomic E-state index is 0.0429. The lowest BCUT2D eigenvalue weighted by Crippen LogP contribution is -2.37. The molecule has 23 heavy (non-hydrogen) atoms. The van der Waals surface area contributed by atoms with Crippen molar-refractivity contribution in [1.82, 2.24) is 0 Å². The Morgan fingerprint density at radius 2 is 1.65 bits per heavy atom. The van der Waals surface area contributed by atoms with Crippen molar-refractivity contribution in [3.8, 4) is 0 Å². The summed E-state index contributed by atoms with van der Waals surface area (Å²) >= 11 is 0. The van der Waals surface area contributed by atoms with E-state index in [1.54, 1.807) is 16.7 Å². The molecule has 1 unspecified atom stereocenters. The van der Waals surface area contributed by atoms with Gasteiger partial charge in [-0.3, -0.25) is 9.59 Å². The van der Waals surface area contributed by atoms with Crippen molar-refractivity contribution in [2.24, 2.45) is 5.92 Å². The van der Waals surface area contributed by atoms with Crippen LogP contribution in [0.4, 0.5) is 11.4 Å². The smallest absolute Gasteiger partial charge is 0.231 e. The van der Waals surface area contributed by atoms with Gasteiger partial charge in [0.15, 0.2) is 0 Å². The Morgan fingerprint density at radius 1 is 1.04 bits per heavy atom. The lowest BCUT2D eigenvalue weighted by Gasteiger charge is -2.25. The average molecular weight is 308 g/mol. The first-order valence-corrected chi connectivity index (χ1v) is 7.80. The van der Waals surface area contributed by atoms with Crippen molar-refractivity contribution >= 4 is 23.2 Å². The first-order valence-electron chi connectivity index (χ1n) is 7.80. The van der Waals surface area contributed by atoms with Gasteiger partial charge in [-0.25, -0.2) is 0 Å². The van der Waals surface area contributed by atoms with E-state index in [0.717, 1.165) is 16.9 Å². The predicted molar refractivity (Wildman–Crippen MR) is 91.3 cm³/mol. The molecule has 4 nitrogen and oxygen atoms in total. The van der Waals surface area contributed by atoms with Crippen LogP contribution in [0.1, 0.15) is 19.4 Å². The molecular formula is C19H20N2O2. The van der Waals surface area contributed by atoms with Crippen LogP contribution in [0.5, 0.6) is 0 Å². The summed E-state index contributed by atoms with van der Waals surface area (Å²) < 4.78 is 0. The largest absolute Gasteiger partial charge is 0.310 e. The fourth-order valence-electron chi connectivity index (χ4n) is 2.98. The molecule has 0 spiro atoms. The number of benzene rings is 2. The second kappa shape index (κ2) is 6.24. The molecule has 1 aliphatic rings. The van der Waals surface area contributed by atoms with Gasteiger partial charge in [-0.15, -0.1) is 0 Å². The molecule has 0 bridgehead atoms. The van der Waals surface area contributed by atoms with E-state index in [9.17, 15) is 9.59 Å². The van der Waals surface area contributed by atoms with E-state index >= 15 is 0 Å². The van der Waals surface area contributed by atoms with E-state index in [1.807, 2.05) is 61.5 Å². The Hall–Kier alpha value is -2.62. The van der Waals surface area contributed by atoms with Crippen molar-refractivity contribution < 1.29 is 9.59 Å². The van der Waals surface area contributed by atoms with Gasteiger partial charge < -0.3 is 9.80 Å². The molecule has 2 amide bonds.